The van der Waals surface area contributed by atoms with E-state index in [0.717, 1.165) is 0 Å². The Kier molecular flexibility index (Phi) is 4.74. The Morgan fingerprint density at radius 3 is 2.92 bits per heavy atom. The van der Waals surface area contributed by atoms with E-state index in [-0.39, 0.29) is 24.0 Å². The predicted octanol–water partition coefficient (Wildman–Crippen LogP) is 2.44. The molecule has 1 aromatic heterocycles. The maximum Gasteiger partial charge on any atom is 0.232 e. The average Bonchev–Trinajstić information content (AvgIpc) is 3.24. The maximum atomic E-state index is 13.3. The quantitative estimate of drug-likeness (QED) is 0.834. The van der Waals surface area contributed by atoms with E-state index in [1.165, 1.54) is 30.2 Å². The Hall–Kier alpha value is -2.83. The minimum Gasteiger partial charge on any atom is -0.494 e. The van der Waals surface area contributed by atoms with Crippen molar-refractivity contribution < 1.29 is 23.1 Å². The summed E-state index contributed by atoms with van der Waals surface area (Å²) in [4.78, 5) is 28.0. The first-order chi connectivity index (χ1) is 12.0. The monoisotopic (exact) mass is 346 g/mol. The molecule has 0 radical (unpaired) electrons. The fourth-order valence-corrected chi connectivity index (χ4v) is 3.00. The number of ether oxygens (including phenoxy) is 1. The van der Waals surface area contributed by atoms with E-state index < -0.39 is 11.7 Å². The fraction of sp³-hybridized carbons (Fsp3) is 0.333. The van der Waals surface area contributed by atoms with Crippen molar-refractivity contribution in [2.24, 2.45) is 5.92 Å². The summed E-state index contributed by atoms with van der Waals surface area (Å²) in [5, 5.41) is 0. The van der Waals surface area contributed by atoms with Gasteiger partial charge in [-0.1, -0.05) is 0 Å². The van der Waals surface area contributed by atoms with Gasteiger partial charge in [0.25, 0.3) is 0 Å². The van der Waals surface area contributed by atoms with Crippen LogP contribution in [-0.2, 0) is 16.1 Å². The number of rotatable bonds is 5. The van der Waals surface area contributed by atoms with Crippen LogP contribution >= 0.6 is 0 Å². The second-order valence-corrected chi connectivity index (χ2v) is 5.97. The van der Waals surface area contributed by atoms with Gasteiger partial charge in [-0.25, -0.2) is 4.39 Å². The lowest BCUT2D eigenvalue weighted by atomic mass is 10.1. The molecule has 6 nitrogen and oxygen atoms in total. The number of carbonyl (C=O) groups excluding carboxylic acids is 2. The third-order valence-electron chi connectivity index (χ3n) is 4.32. The lowest BCUT2D eigenvalue weighted by Gasteiger charge is -2.23. The van der Waals surface area contributed by atoms with Gasteiger partial charge in [0.2, 0.25) is 11.8 Å². The van der Waals surface area contributed by atoms with Crippen LogP contribution in [0.5, 0.6) is 5.75 Å². The molecule has 1 fully saturated rings. The molecule has 0 bridgehead atoms. The van der Waals surface area contributed by atoms with Gasteiger partial charge in [-0.05, 0) is 24.3 Å². The number of halogens is 1. The zero-order valence-electron chi connectivity index (χ0n) is 14.1. The second-order valence-electron chi connectivity index (χ2n) is 5.97. The van der Waals surface area contributed by atoms with E-state index >= 15 is 0 Å². The van der Waals surface area contributed by atoms with Gasteiger partial charge in [0, 0.05) is 26.1 Å². The van der Waals surface area contributed by atoms with Crippen molar-refractivity contribution in [1.29, 1.82) is 0 Å². The highest BCUT2D eigenvalue weighted by Crippen LogP contribution is 2.31. The molecule has 1 atom stereocenters. The Balaban J connectivity index is 1.72. The standard InChI is InChI=1S/C18H19FN2O4/c1-20(15-6-5-13(19)9-16(15)24-2)18(23)12-8-17(22)21(10-12)11-14-4-3-7-25-14/h3-7,9,12H,8,10-11H2,1-2H3. The average molecular weight is 346 g/mol. The molecular weight excluding hydrogens is 327 g/mol. The summed E-state index contributed by atoms with van der Waals surface area (Å²) >= 11 is 0. The lowest BCUT2D eigenvalue weighted by Crippen LogP contribution is -2.34. The molecule has 0 N–H and O–H groups in total. The second kappa shape index (κ2) is 6.96. The Morgan fingerprint density at radius 1 is 1.44 bits per heavy atom. The molecule has 2 aromatic rings. The SMILES string of the molecule is COc1cc(F)ccc1N(C)C(=O)C1CC(=O)N(Cc2ccco2)C1. The molecule has 2 heterocycles. The molecule has 1 aliphatic heterocycles. The van der Waals surface area contributed by atoms with Crippen molar-refractivity contribution in [1.82, 2.24) is 4.90 Å². The molecule has 1 unspecified atom stereocenters. The number of amides is 2. The number of methoxy groups -OCH3 is 1. The van der Waals surface area contributed by atoms with Crippen molar-refractivity contribution in [3.63, 3.8) is 0 Å². The highest BCUT2D eigenvalue weighted by Gasteiger charge is 2.36. The van der Waals surface area contributed by atoms with Crippen molar-refractivity contribution >= 4 is 17.5 Å². The normalized spacial score (nSPS) is 17.0. The van der Waals surface area contributed by atoms with Crippen LogP contribution in [0.1, 0.15) is 12.2 Å². The van der Waals surface area contributed by atoms with Crippen LogP contribution in [0.25, 0.3) is 0 Å². The van der Waals surface area contributed by atoms with Gasteiger partial charge in [-0.2, -0.15) is 0 Å². The van der Waals surface area contributed by atoms with Crippen LogP contribution in [-0.4, -0.2) is 37.4 Å². The number of anilines is 1. The third kappa shape index (κ3) is 3.50. The van der Waals surface area contributed by atoms with Crippen LogP contribution in [0.4, 0.5) is 10.1 Å². The number of furan rings is 1. The third-order valence-corrected chi connectivity index (χ3v) is 4.32. The molecule has 1 aromatic carbocycles. The minimum absolute atomic E-state index is 0.0887. The molecule has 0 spiro atoms. The van der Waals surface area contributed by atoms with E-state index in [1.54, 1.807) is 30.3 Å². The van der Waals surface area contributed by atoms with Crippen molar-refractivity contribution in [2.45, 2.75) is 13.0 Å². The summed E-state index contributed by atoms with van der Waals surface area (Å²) in [6.07, 6.45) is 1.69. The number of benzene rings is 1. The molecule has 25 heavy (non-hydrogen) atoms. The smallest absolute Gasteiger partial charge is 0.232 e. The zero-order chi connectivity index (χ0) is 18.0. The van der Waals surface area contributed by atoms with Gasteiger partial charge < -0.3 is 19.0 Å². The number of hydrogen-bond acceptors (Lipinski definition) is 4. The molecule has 7 heteroatoms. The Morgan fingerprint density at radius 2 is 2.24 bits per heavy atom. The highest BCUT2D eigenvalue weighted by atomic mass is 19.1. The van der Waals surface area contributed by atoms with Gasteiger partial charge in [-0.15, -0.1) is 0 Å². The van der Waals surface area contributed by atoms with Gasteiger partial charge in [0.15, 0.2) is 0 Å². The maximum absolute atomic E-state index is 13.3. The highest BCUT2D eigenvalue weighted by molar-refractivity contribution is 5.99. The van der Waals surface area contributed by atoms with Gasteiger partial charge >= 0.3 is 0 Å². The Bertz CT molecular complexity index is 775. The number of hydrogen-bond donors (Lipinski definition) is 0. The van der Waals surface area contributed by atoms with E-state index in [1.807, 2.05) is 0 Å². The van der Waals surface area contributed by atoms with Crippen LogP contribution in [0.3, 0.4) is 0 Å². The van der Waals surface area contributed by atoms with Crippen molar-refractivity contribution in [3.05, 3.63) is 48.2 Å². The van der Waals surface area contributed by atoms with E-state index in [9.17, 15) is 14.0 Å². The summed E-state index contributed by atoms with van der Waals surface area (Å²) in [5.41, 5.74) is 0.464. The summed E-state index contributed by atoms with van der Waals surface area (Å²) in [6, 6.07) is 7.53. The minimum atomic E-state index is -0.456. The van der Waals surface area contributed by atoms with Gasteiger partial charge in [-0.3, -0.25) is 9.59 Å². The Labute approximate surface area is 144 Å². The summed E-state index contributed by atoms with van der Waals surface area (Å²) in [7, 11) is 3.01. The largest absolute Gasteiger partial charge is 0.494 e. The molecule has 0 aliphatic carbocycles. The lowest BCUT2D eigenvalue weighted by molar-refractivity contribution is -0.129. The van der Waals surface area contributed by atoms with E-state index in [4.69, 9.17) is 9.15 Å². The first kappa shape index (κ1) is 17.0. The summed E-state index contributed by atoms with van der Waals surface area (Å²) < 4.78 is 23.7. The van der Waals surface area contributed by atoms with Crippen LogP contribution in [0.2, 0.25) is 0 Å². The number of nitrogens with zero attached hydrogens (tertiary/aromatic N) is 2. The molecule has 1 saturated heterocycles. The van der Waals surface area contributed by atoms with Crippen LogP contribution in [0, 0.1) is 11.7 Å². The zero-order valence-corrected chi connectivity index (χ0v) is 14.1. The molecule has 1 aliphatic rings. The van der Waals surface area contributed by atoms with Crippen LogP contribution < -0.4 is 9.64 Å². The molecule has 0 saturated carbocycles. The first-order valence-electron chi connectivity index (χ1n) is 7.91. The van der Waals surface area contributed by atoms with Crippen molar-refractivity contribution in [2.75, 3.05) is 25.6 Å². The topological polar surface area (TPSA) is 63.0 Å². The fourth-order valence-electron chi connectivity index (χ4n) is 3.00. The van der Waals surface area contributed by atoms with Gasteiger partial charge in [0.05, 0.1) is 31.5 Å². The first-order valence-corrected chi connectivity index (χ1v) is 7.91. The predicted molar refractivity (Wildman–Crippen MR) is 88.6 cm³/mol. The molecular formula is C18H19FN2O4. The van der Waals surface area contributed by atoms with Crippen molar-refractivity contribution in [3.8, 4) is 5.75 Å². The number of likely N-dealkylation sites (tertiary alicyclic amines) is 1. The molecule has 132 valence electrons. The van der Waals surface area contributed by atoms with Gasteiger partial charge in [0.1, 0.15) is 17.3 Å². The molecule has 2 amide bonds. The summed E-state index contributed by atoms with van der Waals surface area (Å²) in [6.45, 7) is 0.672. The van der Waals surface area contributed by atoms with Crippen LogP contribution in [0.15, 0.2) is 41.0 Å². The van der Waals surface area contributed by atoms with E-state index in [2.05, 4.69) is 0 Å². The molecule has 3 rings (SSSR count). The summed E-state index contributed by atoms with van der Waals surface area (Å²) in [5.74, 6) is -0.249. The number of carbonyl (C=O) groups is 2. The van der Waals surface area contributed by atoms with E-state index in [0.29, 0.717) is 24.5 Å².